The van der Waals surface area contributed by atoms with E-state index in [1.54, 1.807) is 25.3 Å². The van der Waals surface area contributed by atoms with Crippen molar-refractivity contribution in [1.29, 1.82) is 0 Å². The zero-order chi connectivity index (χ0) is 21.8. The van der Waals surface area contributed by atoms with Gasteiger partial charge in [-0.3, -0.25) is 0 Å². The van der Waals surface area contributed by atoms with E-state index in [-0.39, 0.29) is 11.6 Å². The number of carbonyl (C=O) groups is 1. The number of fused-ring (bicyclic) bond motifs is 1. The van der Waals surface area contributed by atoms with Crippen LogP contribution in [0.2, 0.25) is 0 Å². The Labute approximate surface area is 180 Å². The van der Waals surface area contributed by atoms with E-state index in [0.717, 1.165) is 31.5 Å². The van der Waals surface area contributed by atoms with Crippen molar-refractivity contribution in [2.75, 3.05) is 31.7 Å². The Bertz CT molecular complexity index is 1060. The molecule has 4 rings (SSSR count). The molecule has 2 heterocycles. The largest absolute Gasteiger partial charge is 0.493 e. The number of carboxylic acid groups (broad SMARTS) is 1. The molecule has 1 fully saturated rings. The fourth-order valence-corrected chi connectivity index (χ4v) is 3.99. The van der Waals surface area contributed by atoms with Crippen LogP contribution in [0.1, 0.15) is 35.7 Å². The van der Waals surface area contributed by atoms with Crippen molar-refractivity contribution in [3.8, 4) is 11.5 Å². The maximum Gasteiger partial charge on any atom is 0.338 e. The summed E-state index contributed by atoms with van der Waals surface area (Å²) in [5.41, 5.74) is 2.01. The number of ether oxygens (including phenoxy) is 2. The first kappa shape index (κ1) is 21.0. The van der Waals surface area contributed by atoms with E-state index in [9.17, 15) is 9.90 Å². The van der Waals surface area contributed by atoms with Crippen molar-refractivity contribution in [1.82, 2.24) is 10.3 Å². The molecule has 0 spiro atoms. The lowest BCUT2D eigenvalue weighted by Crippen LogP contribution is -2.43. The Hall–Kier alpha value is -3.26. The summed E-state index contributed by atoms with van der Waals surface area (Å²) in [5.74, 6) is 0.362. The third kappa shape index (κ3) is 4.44. The minimum atomic E-state index is -1.02. The van der Waals surface area contributed by atoms with Crippen LogP contribution in [0.4, 0.5) is 6.01 Å². The fourth-order valence-electron chi connectivity index (χ4n) is 3.99. The van der Waals surface area contributed by atoms with Crippen molar-refractivity contribution in [3.05, 3.63) is 47.5 Å². The summed E-state index contributed by atoms with van der Waals surface area (Å²) in [6.45, 7) is 4.86. The molecule has 0 radical (unpaired) electrons. The first-order chi connectivity index (χ1) is 15.1. The van der Waals surface area contributed by atoms with Crippen LogP contribution in [0.3, 0.4) is 0 Å². The molecular formula is C23H27N3O5. The van der Waals surface area contributed by atoms with Crippen LogP contribution in [0, 0.1) is 0 Å². The highest BCUT2D eigenvalue weighted by Gasteiger charge is 2.27. The molecule has 164 valence electrons. The van der Waals surface area contributed by atoms with Crippen molar-refractivity contribution in [2.45, 2.75) is 32.4 Å². The number of nitrogens with one attached hydrogen (secondary N) is 1. The molecule has 0 bridgehead atoms. The Morgan fingerprint density at radius 3 is 2.77 bits per heavy atom. The van der Waals surface area contributed by atoms with Gasteiger partial charge in [0.05, 0.1) is 19.3 Å². The highest BCUT2D eigenvalue weighted by molar-refractivity contribution is 6.00. The van der Waals surface area contributed by atoms with Gasteiger partial charge in [-0.25, -0.2) is 4.79 Å². The molecule has 1 aliphatic heterocycles. The van der Waals surface area contributed by atoms with E-state index in [0.29, 0.717) is 41.8 Å². The molecule has 0 atom stereocenters. The summed E-state index contributed by atoms with van der Waals surface area (Å²) in [6, 6.07) is 11.5. The van der Waals surface area contributed by atoms with Gasteiger partial charge in [-0.2, -0.15) is 4.98 Å². The average Bonchev–Trinajstić information content (AvgIpc) is 3.22. The van der Waals surface area contributed by atoms with Crippen molar-refractivity contribution in [3.63, 3.8) is 0 Å². The number of benzene rings is 2. The van der Waals surface area contributed by atoms with E-state index >= 15 is 0 Å². The number of oxazole rings is 1. The number of hydrogen-bond acceptors (Lipinski definition) is 7. The van der Waals surface area contributed by atoms with Gasteiger partial charge in [0, 0.05) is 12.6 Å². The average molecular weight is 425 g/mol. The minimum absolute atomic E-state index is 0.140. The van der Waals surface area contributed by atoms with E-state index < -0.39 is 5.97 Å². The van der Waals surface area contributed by atoms with Gasteiger partial charge in [0.25, 0.3) is 6.01 Å². The van der Waals surface area contributed by atoms with Gasteiger partial charge < -0.3 is 29.2 Å². The van der Waals surface area contributed by atoms with Gasteiger partial charge in [-0.05, 0) is 62.7 Å². The molecule has 0 amide bonds. The van der Waals surface area contributed by atoms with Crippen LogP contribution >= 0.6 is 0 Å². The fraction of sp³-hybridized carbons (Fsp3) is 0.391. The Morgan fingerprint density at radius 2 is 2.06 bits per heavy atom. The minimum Gasteiger partial charge on any atom is -0.493 e. The first-order valence-corrected chi connectivity index (χ1v) is 10.5. The number of hydrogen-bond donors (Lipinski definition) is 2. The number of para-hydroxylation sites is 1. The van der Waals surface area contributed by atoms with Gasteiger partial charge in [-0.15, -0.1) is 0 Å². The van der Waals surface area contributed by atoms with Gasteiger partial charge in [0.2, 0.25) is 0 Å². The summed E-state index contributed by atoms with van der Waals surface area (Å²) in [6.07, 6.45) is 1.89. The molecule has 0 aliphatic carbocycles. The lowest BCUT2D eigenvalue weighted by Gasteiger charge is -2.33. The van der Waals surface area contributed by atoms with Crippen molar-refractivity contribution < 1.29 is 23.8 Å². The molecule has 0 unspecified atom stereocenters. The quantitative estimate of drug-likeness (QED) is 0.564. The topological polar surface area (TPSA) is 97.1 Å². The summed E-state index contributed by atoms with van der Waals surface area (Å²) in [7, 11) is 1.62. The molecular weight excluding hydrogens is 398 g/mol. The van der Waals surface area contributed by atoms with Crippen LogP contribution in [0.5, 0.6) is 11.5 Å². The normalized spacial score (nSPS) is 14.5. The number of methoxy groups -OCH3 is 1. The van der Waals surface area contributed by atoms with Crippen LogP contribution < -0.4 is 19.7 Å². The van der Waals surface area contributed by atoms with Gasteiger partial charge in [0.1, 0.15) is 5.52 Å². The Kier molecular flexibility index (Phi) is 6.27. The molecule has 2 N–H and O–H groups in total. The van der Waals surface area contributed by atoms with Gasteiger partial charge in [-0.1, -0.05) is 12.1 Å². The first-order valence-electron chi connectivity index (χ1n) is 10.5. The molecule has 2 aromatic carbocycles. The summed E-state index contributed by atoms with van der Waals surface area (Å²) < 4.78 is 17.2. The highest BCUT2D eigenvalue weighted by Crippen LogP contribution is 2.32. The third-order valence-corrected chi connectivity index (χ3v) is 5.51. The third-order valence-electron chi connectivity index (χ3n) is 5.51. The zero-order valence-electron chi connectivity index (χ0n) is 17.8. The standard InChI is InChI=1S/C23H27N3O5/c1-3-30-20-13-15(7-8-18(20)29-2)14-26(16-9-11-24-12-10-16)23-25-21-17(22(27)28)5-4-6-19(21)31-23/h4-8,13,16,24H,3,9-12,14H2,1-2H3,(H,27,28). The lowest BCUT2D eigenvalue weighted by atomic mass is 10.0. The smallest absolute Gasteiger partial charge is 0.338 e. The van der Waals surface area contributed by atoms with E-state index in [4.69, 9.17) is 13.9 Å². The van der Waals surface area contributed by atoms with Crippen LogP contribution in [0.15, 0.2) is 40.8 Å². The second-order valence-corrected chi connectivity index (χ2v) is 7.48. The van der Waals surface area contributed by atoms with Crippen molar-refractivity contribution in [2.24, 2.45) is 0 Å². The van der Waals surface area contributed by atoms with Gasteiger partial charge >= 0.3 is 5.97 Å². The summed E-state index contributed by atoms with van der Waals surface area (Å²) in [4.78, 5) is 18.3. The van der Waals surface area contributed by atoms with E-state index in [1.807, 2.05) is 25.1 Å². The number of anilines is 1. The van der Waals surface area contributed by atoms with Crippen LogP contribution in [-0.4, -0.2) is 48.9 Å². The predicted molar refractivity (Wildman–Crippen MR) is 117 cm³/mol. The Morgan fingerprint density at radius 1 is 1.26 bits per heavy atom. The molecule has 8 nitrogen and oxygen atoms in total. The Balaban J connectivity index is 1.72. The summed E-state index contributed by atoms with van der Waals surface area (Å²) in [5, 5.41) is 12.9. The summed E-state index contributed by atoms with van der Waals surface area (Å²) >= 11 is 0. The molecule has 0 saturated carbocycles. The second-order valence-electron chi connectivity index (χ2n) is 7.48. The maximum atomic E-state index is 11.6. The van der Waals surface area contributed by atoms with Crippen LogP contribution in [0.25, 0.3) is 11.1 Å². The van der Waals surface area contributed by atoms with Crippen molar-refractivity contribution >= 4 is 23.1 Å². The van der Waals surface area contributed by atoms with E-state index in [1.165, 1.54) is 0 Å². The van der Waals surface area contributed by atoms with Gasteiger partial charge in [0.15, 0.2) is 17.1 Å². The maximum absolute atomic E-state index is 11.6. The second kappa shape index (κ2) is 9.26. The number of carboxylic acids is 1. The van der Waals surface area contributed by atoms with Crippen LogP contribution in [-0.2, 0) is 6.54 Å². The van der Waals surface area contributed by atoms with E-state index in [2.05, 4.69) is 15.2 Å². The molecule has 8 heteroatoms. The number of nitrogens with zero attached hydrogens (tertiary/aromatic N) is 2. The molecule has 1 aromatic heterocycles. The molecule has 31 heavy (non-hydrogen) atoms. The number of rotatable bonds is 8. The predicted octanol–water partition coefficient (Wildman–Crippen LogP) is 3.69. The number of piperidine rings is 1. The molecule has 1 aliphatic rings. The monoisotopic (exact) mass is 425 g/mol. The lowest BCUT2D eigenvalue weighted by molar-refractivity contribution is 0.0699. The number of aromatic nitrogens is 1. The molecule has 3 aromatic rings. The highest BCUT2D eigenvalue weighted by atomic mass is 16.5. The SMILES string of the molecule is CCOc1cc(CN(c2nc3c(C(=O)O)cccc3o2)C2CCNCC2)ccc1OC. The number of aromatic carboxylic acids is 1. The zero-order valence-corrected chi connectivity index (χ0v) is 17.8. The molecule has 1 saturated heterocycles.